The van der Waals surface area contributed by atoms with Crippen molar-refractivity contribution in [3.63, 3.8) is 0 Å². The fourth-order valence-electron chi connectivity index (χ4n) is 1.65. The molecule has 62 valence electrons. The SMILES string of the molecule is O=C1C=c2c([nH]c3ccccc23)=N1. The van der Waals surface area contributed by atoms with Crippen LogP contribution in [0.3, 0.4) is 0 Å². The molecule has 0 saturated carbocycles. The number of hydrogen-bond acceptors (Lipinski definition) is 1. The first-order chi connectivity index (χ1) is 6.34. The minimum Gasteiger partial charge on any atom is -0.339 e. The molecule has 0 unspecified atom stereocenters. The third-order valence-corrected chi connectivity index (χ3v) is 2.22. The van der Waals surface area contributed by atoms with Crippen molar-refractivity contribution in [2.75, 3.05) is 0 Å². The normalized spacial score (nSPS) is 14.0. The van der Waals surface area contributed by atoms with Crippen molar-refractivity contribution in [1.29, 1.82) is 0 Å². The number of amides is 1. The molecule has 0 radical (unpaired) electrons. The van der Waals surface area contributed by atoms with Crippen LogP contribution in [0.5, 0.6) is 0 Å². The van der Waals surface area contributed by atoms with Gasteiger partial charge in [-0.1, -0.05) is 18.2 Å². The molecule has 1 aliphatic heterocycles. The topological polar surface area (TPSA) is 45.2 Å². The highest BCUT2D eigenvalue weighted by atomic mass is 16.1. The van der Waals surface area contributed by atoms with Crippen molar-refractivity contribution in [2.24, 2.45) is 4.99 Å². The number of rotatable bonds is 0. The van der Waals surface area contributed by atoms with Gasteiger partial charge in [-0.05, 0) is 6.07 Å². The summed E-state index contributed by atoms with van der Waals surface area (Å²) >= 11 is 0. The fourth-order valence-corrected chi connectivity index (χ4v) is 1.65. The third kappa shape index (κ3) is 0.783. The minimum absolute atomic E-state index is 0.174. The van der Waals surface area contributed by atoms with Crippen LogP contribution in [0.4, 0.5) is 0 Å². The van der Waals surface area contributed by atoms with E-state index in [4.69, 9.17) is 0 Å². The van der Waals surface area contributed by atoms with Crippen LogP contribution in [0.15, 0.2) is 29.3 Å². The van der Waals surface area contributed by atoms with Gasteiger partial charge in [0.1, 0.15) is 5.49 Å². The van der Waals surface area contributed by atoms with E-state index in [9.17, 15) is 4.79 Å². The fraction of sp³-hybridized carbons (Fsp3) is 0. The first kappa shape index (κ1) is 6.60. The molecule has 1 aromatic heterocycles. The number of aromatic nitrogens is 1. The van der Waals surface area contributed by atoms with E-state index in [1.807, 2.05) is 24.3 Å². The molecule has 0 aliphatic carbocycles. The van der Waals surface area contributed by atoms with Crippen LogP contribution in [0.25, 0.3) is 17.0 Å². The lowest BCUT2D eigenvalue weighted by Crippen LogP contribution is -2.18. The maximum absolute atomic E-state index is 11.0. The summed E-state index contributed by atoms with van der Waals surface area (Å²) in [5.74, 6) is -0.174. The Morgan fingerprint density at radius 3 is 3.00 bits per heavy atom. The molecule has 3 nitrogen and oxygen atoms in total. The first-order valence-corrected chi connectivity index (χ1v) is 4.06. The Labute approximate surface area is 73.4 Å². The van der Waals surface area contributed by atoms with Crippen molar-refractivity contribution in [3.8, 4) is 0 Å². The van der Waals surface area contributed by atoms with E-state index in [1.54, 1.807) is 6.08 Å². The summed E-state index contributed by atoms with van der Waals surface area (Å²) in [7, 11) is 0. The lowest BCUT2D eigenvalue weighted by Gasteiger charge is -1.85. The molecule has 0 spiro atoms. The van der Waals surface area contributed by atoms with Gasteiger partial charge in [-0.3, -0.25) is 4.79 Å². The Morgan fingerprint density at radius 2 is 2.08 bits per heavy atom. The lowest BCUT2D eigenvalue weighted by molar-refractivity contribution is -0.112. The number of nitrogens with zero attached hydrogens (tertiary/aromatic N) is 1. The summed E-state index contributed by atoms with van der Waals surface area (Å²) in [6.45, 7) is 0. The monoisotopic (exact) mass is 170 g/mol. The molecule has 1 aliphatic rings. The molecule has 13 heavy (non-hydrogen) atoms. The van der Waals surface area contributed by atoms with Gasteiger partial charge in [-0.25, -0.2) is 0 Å². The Balaban J connectivity index is 2.66. The predicted molar refractivity (Wildman–Crippen MR) is 48.6 cm³/mol. The summed E-state index contributed by atoms with van der Waals surface area (Å²) in [6.07, 6.45) is 1.56. The lowest BCUT2D eigenvalue weighted by atomic mass is 10.2. The quantitative estimate of drug-likeness (QED) is 0.599. The van der Waals surface area contributed by atoms with Crippen LogP contribution in [0.1, 0.15) is 0 Å². The van der Waals surface area contributed by atoms with Crippen molar-refractivity contribution in [3.05, 3.63) is 35.0 Å². The molecular weight excluding hydrogens is 164 g/mol. The maximum Gasteiger partial charge on any atom is 0.272 e. The Hall–Kier alpha value is -1.90. The first-order valence-electron chi connectivity index (χ1n) is 4.06. The van der Waals surface area contributed by atoms with Crippen molar-refractivity contribution >= 4 is 22.9 Å². The molecule has 3 rings (SSSR count). The zero-order valence-electron chi connectivity index (χ0n) is 6.74. The summed E-state index contributed by atoms with van der Waals surface area (Å²) in [4.78, 5) is 17.9. The van der Waals surface area contributed by atoms with E-state index < -0.39 is 0 Å². The predicted octanol–water partition coefficient (Wildman–Crippen LogP) is 0.108. The average Bonchev–Trinajstić information content (AvgIpc) is 2.60. The van der Waals surface area contributed by atoms with Gasteiger partial charge < -0.3 is 4.98 Å². The van der Waals surface area contributed by atoms with Crippen molar-refractivity contribution in [1.82, 2.24) is 4.98 Å². The van der Waals surface area contributed by atoms with Crippen LogP contribution in [0.2, 0.25) is 0 Å². The number of aromatic amines is 1. The molecule has 1 amide bonds. The number of carbonyl (C=O) groups excluding carboxylic acids is 1. The molecule has 0 fully saturated rings. The molecule has 0 atom stereocenters. The largest absolute Gasteiger partial charge is 0.339 e. The highest BCUT2D eigenvalue weighted by molar-refractivity contribution is 6.08. The second kappa shape index (κ2) is 2.07. The zero-order chi connectivity index (χ0) is 8.84. The number of H-pyrrole nitrogens is 1. The highest BCUT2D eigenvalue weighted by Gasteiger charge is 2.07. The molecular formula is C10H6N2O. The third-order valence-electron chi connectivity index (χ3n) is 2.22. The summed E-state index contributed by atoms with van der Waals surface area (Å²) in [5.41, 5.74) is 1.71. The van der Waals surface area contributed by atoms with Crippen molar-refractivity contribution in [2.45, 2.75) is 0 Å². The van der Waals surface area contributed by atoms with E-state index >= 15 is 0 Å². The standard InChI is InChI=1S/C10H6N2O/c13-9-5-7-6-3-1-2-4-8(6)11-10(7)12-9/h1-5H,(H,11,12,13). The Bertz CT molecular complexity index is 622. The average molecular weight is 170 g/mol. The number of hydrogen-bond donors (Lipinski definition) is 1. The number of benzene rings is 1. The van der Waals surface area contributed by atoms with E-state index in [-0.39, 0.29) is 5.91 Å². The van der Waals surface area contributed by atoms with E-state index in [1.165, 1.54) is 0 Å². The second-order valence-corrected chi connectivity index (χ2v) is 3.03. The van der Waals surface area contributed by atoms with Crippen molar-refractivity contribution < 1.29 is 4.79 Å². The van der Waals surface area contributed by atoms with Gasteiger partial charge in [-0.2, -0.15) is 4.99 Å². The molecule has 1 aromatic carbocycles. The molecule has 2 heterocycles. The van der Waals surface area contributed by atoms with Gasteiger partial charge in [0.05, 0.1) is 0 Å². The zero-order valence-corrected chi connectivity index (χ0v) is 6.74. The molecule has 1 N–H and O–H groups in total. The number of para-hydroxylation sites is 1. The van der Waals surface area contributed by atoms with Crippen LogP contribution in [0, 0.1) is 0 Å². The van der Waals surface area contributed by atoms with Crippen LogP contribution < -0.4 is 10.7 Å². The number of nitrogens with one attached hydrogen (secondary N) is 1. The number of carbonyl (C=O) groups is 1. The molecule has 0 bridgehead atoms. The Morgan fingerprint density at radius 1 is 1.23 bits per heavy atom. The van der Waals surface area contributed by atoms with E-state index in [0.717, 1.165) is 16.1 Å². The second-order valence-electron chi connectivity index (χ2n) is 3.03. The van der Waals surface area contributed by atoms with E-state index in [2.05, 4.69) is 9.98 Å². The van der Waals surface area contributed by atoms with Gasteiger partial charge >= 0.3 is 0 Å². The van der Waals surface area contributed by atoms with Gasteiger partial charge in [0.15, 0.2) is 0 Å². The highest BCUT2D eigenvalue weighted by Crippen LogP contribution is 2.04. The van der Waals surface area contributed by atoms with E-state index in [0.29, 0.717) is 5.49 Å². The maximum atomic E-state index is 11.0. The molecule has 0 saturated heterocycles. The minimum atomic E-state index is -0.174. The summed E-state index contributed by atoms with van der Waals surface area (Å²) in [6, 6.07) is 7.86. The molecule has 2 aromatic rings. The van der Waals surface area contributed by atoms with Gasteiger partial charge in [-0.15, -0.1) is 0 Å². The van der Waals surface area contributed by atoms with Gasteiger partial charge in [0.2, 0.25) is 0 Å². The molecule has 3 heteroatoms. The van der Waals surface area contributed by atoms with Gasteiger partial charge in [0, 0.05) is 22.2 Å². The summed E-state index contributed by atoms with van der Waals surface area (Å²) in [5, 5.41) is 1.98. The number of fused-ring (bicyclic) bond motifs is 3. The van der Waals surface area contributed by atoms with Crippen LogP contribution in [-0.2, 0) is 4.79 Å². The Kier molecular flexibility index (Phi) is 1.05. The van der Waals surface area contributed by atoms with Crippen LogP contribution >= 0.6 is 0 Å². The smallest absolute Gasteiger partial charge is 0.272 e. The summed E-state index contributed by atoms with van der Waals surface area (Å²) < 4.78 is 0. The van der Waals surface area contributed by atoms with Gasteiger partial charge in [0.25, 0.3) is 5.91 Å². The van der Waals surface area contributed by atoms with Crippen LogP contribution in [-0.4, -0.2) is 10.9 Å².